The van der Waals surface area contributed by atoms with Gasteiger partial charge in [0.25, 0.3) is 0 Å². The van der Waals surface area contributed by atoms with E-state index in [0.717, 1.165) is 74.7 Å². The molecule has 0 aromatic carbocycles. The number of carbonyl (C=O) groups is 1. The van der Waals surface area contributed by atoms with Crippen molar-refractivity contribution < 1.29 is 19.0 Å². The van der Waals surface area contributed by atoms with Gasteiger partial charge in [-0.2, -0.15) is 0 Å². The Hall–Kier alpha value is -1.17. The van der Waals surface area contributed by atoms with Gasteiger partial charge >= 0.3 is 0 Å². The Labute approximate surface area is 199 Å². The fraction of sp³-hybridized carbons (Fsp3) is 0.821. The molecule has 0 spiro atoms. The molecular weight excluding hydrogens is 414 g/mol. The van der Waals surface area contributed by atoms with Crippen LogP contribution in [0.25, 0.3) is 0 Å². The van der Waals surface area contributed by atoms with Crippen LogP contribution in [0.2, 0.25) is 0 Å². The first-order chi connectivity index (χ1) is 16.3. The summed E-state index contributed by atoms with van der Waals surface area (Å²) in [5.74, 6) is 4.78. The van der Waals surface area contributed by atoms with Gasteiger partial charge in [-0.1, -0.05) is 31.1 Å². The molecule has 5 fully saturated rings. The van der Waals surface area contributed by atoms with Crippen LogP contribution in [0.4, 0.5) is 0 Å². The van der Waals surface area contributed by atoms with Gasteiger partial charge in [-0.05, 0) is 86.5 Å². The molecule has 4 bridgehead atoms. The molecule has 1 N–H and O–H groups in total. The van der Waals surface area contributed by atoms with Crippen molar-refractivity contribution in [2.75, 3.05) is 39.6 Å². The molecule has 6 rings (SSSR count). The van der Waals surface area contributed by atoms with Crippen LogP contribution >= 0.6 is 0 Å². The SMILES string of the molecule is O=C(CCCCCCOCCOCCOCC1=CCCC=C1)NC12CC3CC4CC(C3)C1C42. The van der Waals surface area contributed by atoms with Crippen LogP contribution < -0.4 is 5.32 Å². The van der Waals surface area contributed by atoms with Gasteiger partial charge in [-0.3, -0.25) is 4.79 Å². The molecular formula is C28H43NO4. The van der Waals surface area contributed by atoms with Gasteiger partial charge in [0.15, 0.2) is 0 Å². The second kappa shape index (κ2) is 11.0. The molecule has 6 aliphatic carbocycles. The summed E-state index contributed by atoms with van der Waals surface area (Å²) in [5, 5.41) is 3.53. The molecule has 5 nitrogen and oxygen atoms in total. The summed E-state index contributed by atoms with van der Waals surface area (Å²) in [6.07, 6.45) is 19.5. The monoisotopic (exact) mass is 457 g/mol. The smallest absolute Gasteiger partial charge is 0.220 e. The number of nitrogens with one attached hydrogen (secondary N) is 1. The maximum absolute atomic E-state index is 12.6. The Kier molecular flexibility index (Phi) is 7.89. The molecule has 0 radical (unpaired) electrons. The lowest BCUT2D eigenvalue weighted by Gasteiger charge is -2.44. The van der Waals surface area contributed by atoms with Crippen LogP contribution in [-0.4, -0.2) is 51.1 Å². The van der Waals surface area contributed by atoms with Gasteiger partial charge < -0.3 is 19.5 Å². The Morgan fingerprint density at radius 2 is 1.61 bits per heavy atom. The highest BCUT2D eigenvalue weighted by molar-refractivity contribution is 5.77. The van der Waals surface area contributed by atoms with E-state index in [1.807, 2.05) is 0 Å². The molecule has 4 unspecified atom stereocenters. The largest absolute Gasteiger partial charge is 0.379 e. The lowest BCUT2D eigenvalue weighted by atomic mass is 9.65. The van der Waals surface area contributed by atoms with Crippen LogP contribution in [0, 0.1) is 29.6 Å². The third-order valence-corrected chi connectivity index (χ3v) is 8.89. The summed E-state index contributed by atoms with van der Waals surface area (Å²) in [7, 11) is 0. The van der Waals surface area contributed by atoms with E-state index in [0.29, 0.717) is 45.4 Å². The van der Waals surface area contributed by atoms with Gasteiger partial charge in [0.1, 0.15) is 0 Å². The van der Waals surface area contributed by atoms with Crippen LogP contribution in [0.15, 0.2) is 23.8 Å². The van der Waals surface area contributed by atoms with E-state index < -0.39 is 0 Å². The molecule has 6 aliphatic rings. The first-order valence-electron chi connectivity index (χ1n) is 13.7. The number of rotatable bonds is 16. The minimum atomic E-state index is 0.248. The van der Waals surface area contributed by atoms with Crippen LogP contribution in [0.5, 0.6) is 0 Å². The Morgan fingerprint density at radius 3 is 2.36 bits per heavy atom. The number of hydrogen-bond donors (Lipinski definition) is 1. The molecule has 4 atom stereocenters. The number of carbonyl (C=O) groups excluding carboxylic acids is 1. The standard InChI is InChI=1S/C28H43NO4/c30-25(29-28-19-22-16-23-18-24(17-22)27(28)26(23)28)10-6-1-2-7-11-31-12-13-32-14-15-33-20-21-8-4-3-5-9-21/h4,8-9,22-24,26-27H,1-3,5-7,10-20H2,(H,29,30). The third kappa shape index (κ3) is 5.57. The molecule has 5 saturated carbocycles. The van der Waals surface area contributed by atoms with E-state index in [1.165, 1.54) is 31.3 Å². The average Bonchev–Trinajstić information content (AvgIpc) is 3.39. The summed E-state index contributed by atoms with van der Waals surface area (Å²) >= 11 is 0. The number of unbranched alkanes of at least 4 members (excludes halogenated alkanes) is 3. The zero-order valence-electron chi connectivity index (χ0n) is 20.3. The lowest BCUT2D eigenvalue weighted by molar-refractivity contribution is -0.123. The van der Waals surface area contributed by atoms with E-state index in [2.05, 4.69) is 23.5 Å². The molecule has 0 heterocycles. The van der Waals surface area contributed by atoms with E-state index in [-0.39, 0.29) is 5.54 Å². The van der Waals surface area contributed by atoms with Crippen molar-refractivity contribution in [2.24, 2.45) is 29.6 Å². The van der Waals surface area contributed by atoms with Gasteiger partial charge in [0.05, 0.1) is 33.0 Å². The molecule has 184 valence electrons. The molecule has 0 aromatic heterocycles. The van der Waals surface area contributed by atoms with Crippen molar-refractivity contribution in [1.82, 2.24) is 5.32 Å². The predicted octanol–water partition coefficient (Wildman–Crippen LogP) is 4.81. The first-order valence-corrected chi connectivity index (χ1v) is 13.7. The van der Waals surface area contributed by atoms with Crippen LogP contribution in [0.3, 0.4) is 0 Å². The summed E-state index contributed by atoms with van der Waals surface area (Å²) in [4.78, 5) is 12.6. The second-order valence-corrected chi connectivity index (χ2v) is 11.1. The minimum absolute atomic E-state index is 0.248. The zero-order chi connectivity index (χ0) is 22.5. The second-order valence-electron chi connectivity index (χ2n) is 11.1. The number of allylic oxidation sites excluding steroid dienone is 2. The Bertz CT molecular complexity index is 713. The third-order valence-electron chi connectivity index (χ3n) is 8.89. The molecule has 5 heteroatoms. The predicted molar refractivity (Wildman–Crippen MR) is 129 cm³/mol. The van der Waals surface area contributed by atoms with E-state index in [1.54, 1.807) is 0 Å². The summed E-state index contributed by atoms with van der Waals surface area (Å²) < 4.78 is 16.9. The highest BCUT2D eigenvalue weighted by atomic mass is 16.5. The quantitative estimate of drug-likeness (QED) is 0.338. The van der Waals surface area contributed by atoms with Crippen molar-refractivity contribution >= 4 is 5.91 Å². The maximum Gasteiger partial charge on any atom is 0.220 e. The Morgan fingerprint density at radius 1 is 0.879 bits per heavy atom. The highest BCUT2D eigenvalue weighted by Gasteiger charge is 2.78. The molecule has 0 aromatic rings. The molecule has 0 saturated heterocycles. The summed E-state index contributed by atoms with van der Waals surface area (Å²) in [6, 6.07) is 0. The first kappa shape index (κ1) is 23.6. The van der Waals surface area contributed by atoms with E-state index in [4.69, 9.17) is 14.2 Å². The fourth-order valence-corrected chi connectivity index (χ4v) is 7.75. The number of ether oxygens (including phenoxy) is 3. The van der Waals surface area contributed by atoms with Crippen molar-refractivity contribution in [2.45, 2.75) is 76.2 Å². The van der Waals surface area contributed by atoms with E-state index >= 15 is 0 Å². The van der Waals surface area contributed by atoms with Gasteiger partial charge in [-0.25, -0.2) is 0 Å². The highest BCUT2D eigenvalue weighted by Crippen LogP contribution is 2.76. The number of amides is 1. The van der Waals surface area contributed by atoms with Crippen LogP contribution in [0.1, 0.15) is 70.6 Å². The minimum Gasteiger partial charge on any atom is -0.379 e. The Balaban J connectivity index is 0.803. The molecule has 33 heavy (non-hydrogen) atoms. The van der Waals surface area contributed by atoms with Gasteiger partial charge in [0, 0.05) is 18.6 Å². The summed E-state index contributed by atoms with van der Waals surface area (Å²) in [6.45, 7) is 3.97. The van der Waals surface area contributed by atoms with Crippen molar-refractivity contribution in [3.05, 3.63) is 23.8 Å². The summed E-state index contributed by atoms with van der Waals surface area (Å²) in [5.41, 5.74) is 1.52. The van der Waals surface area contributed by atoms with Crippen molar-refractivity contribution in [3.63, 3.8) is 0 Å². The van der Waals surface area contributed by atoms with Crippen molar-refractivity contribution in [1.29, 1.82) is 0 Å². The lowest BCUT2D eigenvalue weighted by Crippen LogP contribution is -2.49. The number of hydrogen-bond acceptors (Lipinski definition) is 4. The average molecular weight is 458 g/mol. The maximum atomic E-state index is 12.6. The topological polar surface area (TPSA) is 56.8 Å². The van der Waals surface area contributed by atoms with Gasteiger partial charge in [-0.15, -0.1) is 0 Å². The zero-order valence-corrected chi connectivity index (χ0v) is 20.3. The van der Waals surface area contributed by atoms with E-state index in [9.17, 15) is 4.79 Å². The molecule has 1 amide bonds. The normalized spacial score (nSPS) is 35.0. The molecule has 0 aliphatic heterocycles. The van der Waals surface area contributed by atoms with Gasteiger partial charge in [0.2, 0.25) is 5.91 Å². The fourth-order valence-electron chi connectivity index (χ4n) is 7.75. The van der Waals surface area contributed by atoms with Crippen molar-refractivity contribution in [3.8, 4) is 0 Å². The van der Waals surface area contributed by atoms with Crippen LogP contribution in [-0.2, 0) is 19.0 Å².